The Hall–Kier alpha value is -2.53. The molecule has 25 heavy (non-hydrogen) atoms. The van der Waals surface area contributed by atoms with Gasteiger partial charge in [0, 0.05) is 17.2 Å². The first-order valence-corrected chi connectivity index (χ1v) is 9.58. The summed E-state index contributed by atoms with van der Waals surface area (Å²) < 4.78 is 13.0. The summed E-state index contributed by atoms with van der Waals surface area (Å²) >= 11 is 0. The Balaban J connectivity index is 1.76. The van der Waals surface area contributed by atoms with Gasteiger partial charge in [0.05, 0.1) is 16.6 Å². The third-order valence-electron chi connectivity index (χ3n) is 4.37. The molecule has 126 valence electrons. The number of hydrogen-bond acceptors (Lipinski definition) is 4. The van der Waals surface area contributed by atoms with E-state index in [4.69, 9.17) is 0 Å². The van der Waals surface area contributed by atoms with Crippen LogP contribution in [0, 0.1) is 0 Å². The lowest BCUT2D eigenvalue weighted by molar-refractivity contribution is 0.0974. The number of hydrogen-bond donors (Lipinski definition) is 1. The molecule has 2 aliphatic rings. The molecule has 4 rings (SSSR count). The molecule has 1 unspecified atom stereocenters. The maximum atomic E-state index is 13.0. The van der Waals surface area contributed by atoms with Crippen LogP contribution in [0.3, 0.4) is 0 Å². The van der Waals surface area contributed by atoms with Crippen LogP contribution >= 0.6 is 0 Å². The zero-order chi connectivity index (χ0) is 17.4. The van der Waals surface area contributed by atoms with Crippen LogP contribution in [0.1, 0.15) is 39.1 Å². The van der Waals surface area contributed by atoms with Gasteiger partial charge in [-0.25, -0.2) is 0 Å². The lowest BCUT2D eigenvalue weighted by atomic mass is 9.92. The summed E-state index contributed by atoms with van der Waals surface area (Å²) in [6.07, 6.45) is 1.93. The highest BCUT2D eigenvalue weighted by atomic mass is 32.2. The minimum Gasteiger partial charge on any atom is -0.378 e. The highest BCUT2D eigenvalue weighted by Gasteiger charge is 2.37. The van der Waals surface area contributed by atoms with Crippen LogP contribution in [-0.4, -0.2) is 21.8 Å². The van der Waals surface area contributed by atoms with E-state index in [1.165, 1.54) is 0 Å². The fourth-order valence-corrected chi connectivity index (χ4v) is 4.27. The quantitative estimate of drug-likeness (QED) is 0.899. The van der Waals surface area contributed by atoms with Gasteiger partial charge >= 0.3 is 0 Å². The van der Waals surface area contributed by atoms with Crippen LogP contribution < -0.4 is 5.32 Å². The van der Waals surface area contributed by atoms with Crippen molar-refractivity contribution in [1.29, 1.82) is 0 Å². The zero-order valence-corrected chi connectivity index (χ0v) is 14.3. The van der Waals surface area contributed by atoms with Crippen LogP contribution in [0.25, 0.3) is 0 Å². The van der Waals surface area contributed by atoms with Crippen LogP contribution in [0.5, 0.6) is 0 Å². The molecular weight excluding hydrogens is 334 g/mol. The molecule has 2 aromatic carbocycles. The van der Waals surface area contributed by atoms with Crippen LogP contribution in [0.15, 0.2) is 65.2 Å². The molecule has 0 bridgehead atoms. The average Bonchev–Trinajstić information content (AvgIpc) is 3.44. The minimum absolute atomic E-state index is 0.111. The Kier molecular flexibility index (Phi) is 4.09. The number of nitrogens with one attached hydrogen (secondary N) is 1. The van der Waals surface area contributed by atoms with Crippen molar-refractivity contribution >= 4 is 22.4 Å². The summed E-state index contributed by atoms with van der Waals surface area (Å²) in [5.74, 6) is -0.334. The molecule has 5 heteroatoms. The first kappa shape index (κ1) is 16.0. The van der Waals surface area contributed by atoms with Gasteiger partial charge < -0.3 is 5.32 Å². The summed E-state index contributed by atoms with van der Waals surface area (Å²) in [5.41, 5.74) is 1.82. The standard InChI is InChI=1S/C20H17NO3S/c22-18-15-8-4-5-9-16(15)19(23)20(17(18)21-14-10-11-14)25(24)12-13-6-2-1-3-7-13/h1-9,14,21H,10-12H2. The van der Waals surface area contributed by atoms with Crippen LogP contribution in [-0.2, 0) is 16.6 Å². The predicted octanol–water partition coefficient (Wildman–Crippen LogP) is 2.98. The number of benzene rings is 2. The van der Waals surface area contributed by atoms with Gasteiger partial charge in [0.15, 0.2) is 0 Å². The Morgan fingerprint density at radius 3 is 2.12 bits per heavy atom. The second-order valence-corrected chi connectivity index (χ2v) is 7.69. The van der Waals surface area contributed by atoms with Crippen molar-refractivity contribution in [1.82, 2.24) is 5.32 Å². The summed E-state index contributed by atoms with van der Waals surface area (Å²) in [6, 6.07) is 16.3. The topological polar surface area (TPSA) is 63.2 Å². The van der Waals surface area contributed by atoms with Gasteiger partial charge in [-0.2, -0.15) is 0 Å². The summed E-state index contributed by atoms with van der Waals surface area (Å²) in [7, 11) is -1.59. The molecule has 1 N–H and O–H groups in total. The van der Waals surface area contributed by atoms with Crippen molar-refractivity contribution in [2.24, 2.45) is 0 Å². The van der Waals surface area contributed by atoms with Gasteiger partial charge in [0.25, 0.3) is 0 Å². The van der Waals surface area contributed by atoms with Crippen molar-refractivity contribution in [3.63, 3.8) is 0 Å². The smallest absolute Gasteiger partial charge is 0.210 e. The highest BCUT2D eigenvalue weighted by Crippen LogP contribution is 2.31. The van der Waals surface area contributed by atoms with Gasteiger partial charge in [-0.05, 0) is 18.4 Å². The lowest BCUT2D eigenvalue weighted by Crippen LogP contribution is -2.33. The number of rotatable bonds is 5. The number of allylic oxidation sites excluding steroid dienone is 2. The van der Waals surface area contributed by atoms with E-state index < -0.39 is 10.8 Å². The Morgan fingerprint density at radius 2 is 1.48 bits per heavy atom. The van der Waals surface area contributed by atoms with E-state index in [1.54, 1.807) is 24.3 Å². The van der Waals surface area contributed by atoms with Gasteiger partial charge in [-0.1, -0.05) is 54.6 Å². The lowest BCUT2D eigenvalue weighted by Gasteiger charge is -2.21. The minimum atomic E-state index is -1.59. The molecule has 0 amide bonds. The molecule has 0 heterocycles. The fraction of sp³-hybridized carbons (Fsp3) is 0.200. The molecular formula is C20H17NO3S. The van der Waals surface area contributed by atoms with Gasteiger partial charge in [0.1, 0.15) is 10.6 Å². The number of carbonyl (C=O) groups excluding carboxylic acids is 2. The molecule has 4 nitrogen and oxygen atoms in total. The number of fused-ring (bicyclic) bond motifs is 1. The van der Waals surface area contributed by atoms with Crippen LogP contribution in [0.2, 0.25) is 0 Å². The number of carbonyl (C=O) groups is 2. The van der Waals surface area contributed by atoms with Gasteiger partial charge in [-0.3, -0.25) is 13.8 Å². The Bertz CT molecular complexity index is 914. The zero-order valence-electron chi connectivity index (χ0n) is 13.5. The third-order valence-corrected chi connectivity index (χ3v) is 5.81. The Morgan fingerprint density at radius 1 is 0.880 bits per heavy atom. The van der Waals surface area contributed by atoms with E-state index in [2.05, 4.69) is 5.32 Å². The van der Waals surface area contributed by atoms with Gasteiger partial charge in [0.2, 0.25) is 11.6 Å². The predicted molar refractivity (Wildman–Crippen MR) is 96.6 cm³/mol. The van der Waals surface area contributed by atoms with Crippen molar-refractivity contribution in [2.75, 3.05) is 0 Å². The molecule has 0 aliphatic heterocycles. The second-order valence-electron chi connectivity index (χ2n) is 6.30. The molecule has 1 fully saturated rings. The monoisotopic (exact) mass is 351 g/mol. The SMILES string of the molecule is O=C1C(NC2CC2)=C(S(=O)Cc2ccccc2)C(=O)c2ccccc21. The molecule has 0 spiro atoms. The van der Waals surface area contributed by atoms with Crippen molar-refractivity contribution < 1.29 is 13.8 Å². The Labute approximate surface area is 148 Å². The van der Waals surface area contributed by atoms with E-state index in [0.29, 0.717) is 11.1 Å². The molecule has 1 atom stereocenters. The van der Waals surface area contributed by atoms with Crippen molar-refractivity contribution in [3.8, 4) is 0 Å². The number of Topliss-reactive ketones (excluding diaryl/α,β-unsaturated/α-hetero) is 2. The maximum Gasteiger partial charge on any atom is 0.210 e. The van der Waals surface area contributed by atoms with E-state index >= 15 is 0 Å². The first-order chi connectivity index (χ1) is 12.1. The molecule has 0 aromatic heterocycles. The van der Waals surface area contributed by atoms with E-state index in [-0.39, 0.29) is 34.0 Å². The molecule has 0 radical (unpaired) electrons. The summed E-state index contributed by atoms with van der Waals surface area (Å²) in [6.45, 7) is 0. The highest BCUT2D eigenvalue weighted by molar-refractivity contribution is 7.89. The molecule has 2 aliphatic carbocycles. The average molecular weight is 351 g/mol. The van der Waals surface area contributed by atoms with E-state index in [9.17, 15) is 13.8 Å². The van der Waals surface area contributed by atoms with Gasteiger partial charge in [-0.15, -0.1) is 0 Å². The second kappa shape index (κ2) is 6.41. The summed E-state index contributed by atoms with van der Waals surface area (Å²) in [5, 5.41) is 3.15. The molecule has 1 saturated carbocycles. The van der Waals surface area contributed by atoms with E-state index in [1.807, 2.05) is 30.3 Å². The number of ketones is 2. The molecule has 2 aromatic rings. The fourth-order valence-electron chi connectivity index (χ4n) is 2.93. The normalized spacial score (nSPS) is 18.1. The van der Waals surface area contributed by atoms with E-state index in [0.717, 1.165) is 18.4 Å². The third kappa shape index (κ3) is 3.07. The first-order valence-electron chi connectivity index (χ1n) is 8.26. The summed E-state index contributed by atoms with van der Waals surface area (Å²) in [4.78, 5) is 26.0. The van der Waals surface area contributed by atoms with Crippen LogP contribution in [0.4, 0.5) is 0 Å². The van der Waals surface area contributed by atoms with Crippen molar-refractivity contribution in [2.45, 2.75) is 24.6 Å². The molecule has 0 saturated heterocycles. The maximum absolute atomic E-state index is 13.0. The largest absolute Gasteiger partial charge is 0.378 e. The van der Waals surface area contributed by atoms with Crippen molar-refractivity contribution in [3.05, 3.63) is 81.9 Å².